The predicted octanol–water partition coefficient (Wildman–Crippen LogP) is 2.77. The van der Waals surface area contributed by atoms with Gasteiger partial charge in [0.05, 0.1) is 0 Å². The van der Waals surface area contributed by atoms with Crippen molar-refractivity contribution in [3.05, 3.63) is 29.8 Å². The molecule has 0 fully saturated rings. The summed E-state index contributed by atoms with van der Waals surface area (Å²) in [6, 6.07) is 3.61. The Balaban J connectivity index is 2.29. The summed E-state index contributed by atoms with van der Waals surface area (Å²) in [5.41, 5.74) is 0. The number of halogens is 2. The largest absolute Gasteiger partial charge is 0.481 e. The maximum atomic E-state index is 13.0. The first kappa shape index (κ1) is 17.4. The van der Waals surface area contributed by atoms with Gasteiger partial charge >= 0.3 is 5.97 Å². The van der Waals surface area contributed by atoms with Gasteiger partial charge in [-0.1, -0.05) is 0 Å². The lowest BCUT2D eigenvalue weighted by Crippen LogP contribution is -2.28. The van der Waals surface area contributed by atoms with Crippen LogP contribution in [0.1, 0.15) is 19.3 Å². The van der Waals surface area contributed by atoms with E-state index in [1.165, 1.54) is 22.7 Å². The maximum Gasteiger partial charge on any atom is 0.303 e. The van der Waals surface area contributed by atoms with Crippen molar-refractivity contribution in [2.45, 2.75) is 24.2 Å². The number of carbonyl (C=O) groups is 2. The van der Waals surface area contributed by atoms with Crippen LogP contribution in [0.15, 0.2) is 23.1 Å². The molecule has 0 saturated carbocycles. The Morgan fingerprint density at radius 2 is 1.95 bits per heavy atom. The van der Waals surface area contributed by atoms with Crippen LogP contribution in [0.3, 0.4) is 0 Å². The highest BCUT2D eigenvalue weighted by molar-refractivity contribution is 7.99. The lowest BCUT2D eigenvalue weighted by Gasteiger charge is -2.16. The Morgan fingerprint density at radius 3 is 2.57 bits per heavy atom. The first-order chi connectivity index (χ1) is 9.90. The molecule has 116 valence electrons. The van der Waals surface area contributed by atoms with E-state index in [1.807, 2.05) is 0 Å². The quantitative estimate of drug-likeness (QED) is 0.749. The molecule has 1 aromatic carbocycles. The zero-order valence-electron chi connectivity index (χ0n) is 11.6. The van der Waals surface area contributed by atoms with Crippen LogP contribution in [0.25, 0.3) is 0 Å². The third-order valence-electron chi connectivity index (χ3n) is 2.79. The molecule has 0 saturated heterocycles. The molecule has 0 aliphatic rings. The van der Waals surface area contributed by atoms with Gasteiger partial charge < -0.3 is 10.0 Å². The van der Waals surface area contributed by atoms with E-state index >= 15 is 0 Å². The average molecular weight is 317 g/mol. The fourth-order valence-electron chi connectivity index (χ4n) is 1.61. The first-order valence-corrected chi connectivity index (χ1v) is 7.42. The second-order valence-electron chi connectivity index (χ2n) is 4.49. The number of hydrogen-bond acceptors (Lipinski definition) is 3. The van der Waals surface area contributed by atoms with E-state index in [2.05, 4.69) is 0 Å². The van der Waals surface area contributed by atoms with Crippen molar-refractivity contribution in [1.82, 2.24) is 4.90 Å². The highest BCUT2D eigenvalue weighted by atomic mass is 32.2. The Hall–Kier alpha value is -1.63. The number of rotatable bonds is 8. The predicted molar refractivity (Wildman–Crippen MR) is 76.2 cm³/mol. The number of amides is 1. The Kier molecular flexibility index (Phi) is 7.14. The van der Waals surface area contributed by atoms with Crippen LogP contribution >= 0.6 is 11.8 Å². The van der Waals surface area contributed by atoms with Gasteiger partial charge in [0.2, 0.25) is 5.91 Å². The Morgan fingerprint density at radius 1 is 1.24 bits per heavy atom. The second-order valence-corrected chi connectivity index (χ2v) is 5.66. The molecule has 0 aliphatic carbocycles. The fourth-order valence-corrected chi connectivity index (χ4v) is 2.47. The summed E-state index contributed by atoms with van der Waals surface area (Å²) in [6.45, 7) is 0.390. The molecule has 1 aromatic rings. The summed E-state index contributed by atoms with van der Waals surface area (Å²) in [5, 5.41) is 8.51. The highest BCUT2D eigenvalue weighted by Gasteiger charge is 2.10. The molecule has 1 rings (SSSR count). The molecule has 4 nitrogen and oxygen atoms in total. The number of nitrogens with zero attached hydrogens (tertiary/aromatic N) is 1. The fraction of sp³-hybridized carbons (Fsp3) is 0.429. The third-order valence-corrected chi connectivity index (χ3v) is 3.78. The average Bonchev–Trinajstić information content (AvgIpc) is 2.42. The van der Waals surface area contributed by atoms with Gasteiger partial charge in [-0.25, -0.2) is 8.78 Å². The van der Waals surface area contributed by atoms with Crippen molar-refractivity contribution < 1.29 is 23.5 Å². The molecule has 0 atom stereocenters. The van der Waals surface area contributed by atoms with Crippen LogP contribution in [0, 0.1) is 11.6 Å². The lowest BCUT2D eigenvalue weighted by atomic mass is 10.3. The van der Waals surface area contributed by atoms with E-state index in [1.54, 1.807) is 7.05 Å². The molecule has 0 unspecified atom stereocenters. The van der Waals surface area contributed by atoms with Crippen LogP contribution in [0.2, 0.25) is 0 Å². The minimum absolute atomic E-state index is 0.0290. The van der Waals surface area contributed by atoms with Gasteiger partial charge in [0.15, 0.2) is 11.6 Å². The molecule has 0 radical (unpaired) electrons. The third kappa shape index (κ3) is 6.57. The van der Waals surface area contributed by atoms with Crippen molar-refractivity contribution in [3.8, 4) is 0 Å². The highest BCUT2D eigenvalue weighted by Crippen LogP contribution is 2.21. The van der Waals surface area contributed by atoms with Gasteiger partial charge in [-0.15, -0.1) is 11.8 Å². The molecule has 0 bridgehead atoms. The Labute approximate surface area is 126 Å². The van der Waals surface area contributed by atoms with Gasteiger partial charge in [0.25, 0.3) is 0 Å². The summed E-state index contributed by atoms with van der Waals surface area (Å²) < 4.78 is 25.7. The SMILES string of the molecule is CN(CCCC(=O)O)C(=O)CCSc1ccc(F)c(F)c1. The first-order valence-electron chi connectivity index (χ1n) is 6.43. The van der Waals surface area contributed by atoms with Gasteiger partial charge in [-0.2, -0.15) is 0 Å². The molecule has 0 heterocycles. The van der Waals surface area contributed by atoms with E-state index in [4.69, 9.17) is 5.11 Å². The monoisotopic (exact) mass is 317 g/mol. The molecule has 21 heavy (non-hydrogen) atoms. The standard InChI is InChI=1S/C14H17F2NO3S/c1-17(7-2-3-14(19)20)13(18)6-8-21-10-4-5-11(15)12(16)9-10/h4-5,9H,2-3,6-8H2,1H3,(H,19,20). The summed E-state index contributed by atoms with van der Waals surface area (Å²) in [7, 11) is 1.62. The topological polar surface area (TPSA) is 57.6 Å². The normalized spacial score (nSPS) is 10.4. The van der Waals surface area contributed by atoms with Crippen molar-refractivity contribution >= 4 is 23.6 Å². The van der Waals surface area contributed by atoms with Gasteiger partial charge in [-0.05, 0) is 24.6 Å². The number of benzene rings is 1. The van der Waals surface area contributed by atoms with E-state index in [0.29, 0.717) is 23.6 Å². The number of carboxylic acids is 1. The van der Waals surface area contributed by atoms with Crippen LogP contribution in [-0.4, -0.2) is 41.2 Å². The second kappa shape index (κ2) is 8.61. The van der Waals surface area contributed by atoms with Gasteiger partial charge in [0, 0.05) is 37.1 Å². The number of aliphatic carboxylic acids is 1. The minimum Gasteiger partial charge on any atom is -0.481 e. The van der Waals surface area contributed by atoms with Crippen molar-refractivity contribution in [3.63, 3.8) is 0 Å². The number of hydrogen-bond donors (Lipinski definition) is 1. The molecule has 1 amide bonds. The number of carboxylic acid groups (broad SMARTS) is 1. The summed E-state index contributed by atoms with van der Waals surface area (Å²) >= 11 is 1.27. The molecular weight excluding hydrogens is 300 g/mol. The summed E-state index contributed by atoms with van der Waals surface area (Å²) in [4.78, 5) is 24.2. The smallest absolute Gasteiger partial charge is 0.303 e. The van der Waals surface area contributed by atoms with Gasteiger partial charge in [-0.3, -0.25) is 9.59 Å². The van der Waals surface area contributed by atoms with Crippen LogP contribution in [0.5, 0.6) is 0 Å². The van der Waals surface area contributed by atoms with Crippen LogP contribution < -0.4 is 0 Å². The minimum atomic E-state index is -0.905. The summed E-state index contributed by atoms with van der Waals surface area (Å²) in [5.74, 6) is -2.33. The Bertz CT molecular complexity index is 511. The zero-order chi connectivity index (χ0) is 15.8. The van der Waals surface area contributed by atoms with Crippen LogP contribution in [-0.2, 0) is 9.59 Å². The molecular formula is C14H17F2NO3S. The molecule has 0 aliphatic heterocycles. The van der Waals surface area contributed by atoms with Gasteiger partial charge in [0.1, 0.15) is 0 Å². The number of carbonyl (C=O) groups excluding carboxylic acids is 1. The number of thioether (sulfide) groups is 1. The van der Waals surface area contributed by atoms with Crippen molar-refractivity contribution in [2.75, 3.05) is 19.3 Å². The summed E-state index contributed by atoms with van der Waals surface area (Å²) in [6.07, 6.45) is 0.697. The maximum absolute atomic E-state index is 13.0. The van der Waals surface area contributed by atoms with E-state index < -0.39 is 17.6 Å². The van der Waals surface area contributed by atoms with Crippen LogP contribution in [0.4, 0.5) is 8.78 Å². The van der Waals surface area contributed by atoms with Crippen molar-refractivity contribution in [2.24, 2.45) is 0 Å². The molecule has 1 N–H and O–H groups in total. The van der Waals surface area contributed by atoms with E-state index in [-0.39, 0.29) is 18.7 Å². The zero-order valence-corrected chi connectivity index (χ0v) is 12.5. The van der Waals surface area contributed by atoms with E-state index in [9.17, 15) is 18.4 Å². The van der Waals surface area contributed by atoms with Crippen molar-refractivity contribution in [1.29, 1.82) is 0 Å². The molecule has 0 aromatic heterocycles. The molecule has 0 spiro atoms. The molecule has 7 heteroatoms. The van der Waals surface area contributed by atoms with E-state index in [0.717, 1.165) is 12.1 Å². The lowest BCUT2D eigenvalue weighted by molar-refractivity contribution is -0.138.